The molecular formula is C26H25F3N6O3S. The molecule has 1 aliphatic heterocycles. The molecule has 0 amide bonds. The Balaban J connectivity index is 1.32. The third-order valence-corrected chi connectivity index (χ3v) is 9.13. The number of sulfonamides is 1. The first-order valence-electron chi connectivity index (χ1n) is 12.4. The Morgan fingerprint density at radius 3 is 2.54 bits per heavy atom. The van der Waals surface area contributed by atoms with E-state index < -0.39 is 27.6 Å². The summed E-state index contributed by atoms with van der Waals surface area (Å²) in [6, 6.07) is 5.03. The van der Waals surface area contributed by atoms with Gasteiger partial charge in [-0.15, -0.1) is 10.2 Å². The SMILES string of the molecule is Cc1cnc2c(c1)S(=O)(=O)N(Cc1cc(Cc3ccn4c(C(F)(F)F)nnc4c3C)ncc1C)CC1(CC1)O2. The molecule has 0 bridgehead atoms. The normalized spacial score (nSPS) is 18.1. The zero-order valence-electron chi connectivity index (χ0n) is 21.4. The third-order valence-electron chi connectivity index (χ3n) is 7.34. The lowest BCUT2D eigenvalue weighted by Crippen LogP contribution is -2.38. The fourth-order valence-electron chi connectivity index (χ4n) is 4.89. The minimum absolute atomic E-state index is 0.0636. The van der Waals surface area contributed by atoms with Crippen molar-refractivity contribution in [2.45, 2.75) is 63.3 Å². The Hall–Kier alpha value is -3.58. The van der Waals surface area contributed by atoms with Crippen LogP contribution in [0.3, 0.4) is 0 Å². The number of aromatic nitrogens is 5. The summed E-state index contributed by atoms with van der Waals surface area (Å²) in [6.07, 6.45) is 1.79. The predicted octanol–water partition coefficient (Wildman–Crippen LogP) is 4.17. The summed E-state index contributed by atoms with van der Waals surface area (Å²) in [5, 5.41) is 7.07. The Kier molecular flexibility index (Phi) is 5.74. The summed E-state index contributed by atoms with van der Waals surface area (Å²) in [7, 11) is -3.88. The van der Waals surface area contributed by atoms with Crippen molar-refractivity contribution in [3.05, 3.63) is 76.1 Å². The van der Waals surface area contributed by atoms with E-state index in [1.165, 1.54) is 10.5 Å². The summed E-state index contributed by atoms with van der Waals surface area (Å²) >= 11 is 0. The van der Waals surface area contributed by atoms with Gasteiger partial charge in [-0.25, -0.2) is 13.4 Å². The molecule has 0 unspecified atom stereocenters. The van der Waals surface area contributed by atoms with Gasteiger partial charge in [0.05, 0.1) is 6.54 Å². The van der Waals surface area contributed by atoms with Crippen molar-refractivity contribution in [2.75, 3.05) is 6.54 Å². The first-order valence-corrected chi connectivity index (χ1v) is 13.8. The standard InChI is InChI=1S/C26H25F3N6O3S/c1-15-8-21-23(31-11-15)38-25(5-6-25)14-34(39(21,36)37)13-19-10-20(30-12-16(19)2)9-18-4-7-35-22(17(18)3)32-33-24(35)26(27,28)29/h4,7-8,10-12H,5-6,9,13-14H2,1-3H3. The molecule has 1 fully saturated rings. The van der Waals surface area contributed by atoms with E-state index in [0.717, 1.165) is 39.5 Å². The van der Waals surface area contributed by atoms with Crippen molar-refractivity contribution in [1.82, 2.24) is 28.9 Å². The highest BCUT2D eigenvalue weighted by atomic mass is 32.2. The fraction of sp³-hybridized carbons (Fsp3) is 0.385. The lowest BCUT2D eigenvalue weighted by Gasteiger charge is -2.23. The largest absolute Gasteiger partial charge is 0.469 e. The quantitative estimate of drug-likeness (QED) is 0.371. The van der Waals surface area contributed by atoms with E-state index in [2.05, 4.69) is 20.2 Å². The molecule has 1 aliphatic carbocycles. The van der Waals surface area contributed by atoms with E-state index in [1.54, 1.807) is 38.4 Å². The third kappa shape index (κ3) is 4.52. The highest BCUT2D eigenvalue weighted by Gasteiger charge is 2.52. The molecule has 0 aromatic carbocycles. The molecule has 6 rings (SSSR count). The van der Waals surface area contributed by atoms with Gasteiger partial charge >= 0.3 is 6.18 Å². The summed E-state index contributed by atoms with van der Waals surface area (Å²) in [5.74, 6) is -0.938. The number of nitrogens with zero attached hydrogens (tertiary/aromatic N) is 6. The van der Waals surface area contributed by atoms with Crippen molar-refractivity contribution < 1.29 is 26.3 Å². The molecule has 13 heteroatoms. The number of ether oxygens (including phenoxy) is 1. The first-order chi connectivity index (χ1) is 18.4. The molecule has 0 atom stereocenters. The first kappa shape index (κ1) is 25.7. The minimum Gasteiger partial charge on any atom is -0.469 e. The maximum atomic E-state index is 13.7. The number of pyridine rings is 3. The van der Waals surface area contributed by atoms with E-state index in [9.17, 15) is 21.6 Å². The molecule has 204 valence electrons. The highest BCUT2D eigenvalue weighted by Crippen LogP contribution is 2.46. The maximum absolute atomic E-state index is 13.7. The van der Waals surface area contributed by atoms with Crippen molar-refractivity contribution >= 4 is 15.7 Å². The Bertz CT molecular complexity index is 1730. The summed E-state index contributed by atoms with van der Waals surface area (Å²) < 4.78 is 75.7. The average Bonchev–Trinajstić information content (AvgIpc) is 3.48. The van der Waals surface area contributed by atoms with Gasteiger partial charge in [0.2, 0.25) is 21.7 Å². The Morgan fingerprint density at radius 1 is 1.05 bits per heavy atom. The van der Waals surface area contributed by atoms with Gasteiger partial charge in [-0.05, 0) is 79.6 Å². The summed E-state index contributed by atoms with van der Waals surface area (Å²) in [5.41, 5.74) is 3.83. The molecule has 2 aliphatic rings. The van der Waals surface area contributed by atoms with E-state index >= 15 is 0 Å². The van der Waals surface area contributed by atoms with Crippen molar-refractivity contribution in [3.8, 4) is 5.88 Å². The van der Waals surface area contributed by atoms with Gasteiger partial charge in [0.15, 0.2) is 5.65 Å². The summed E-state index contributed by atoms with van der Waals surface area (Å²) in [6.45, 7) is 5.69. The second kappa shape index (κ2) is 8.71. The second-order valence-corrected chi connectivity index (χ2v) is 12.2. The number of hydrogen-bond donors (Lipinski definition) is 0. The van der Waals surface area contributed by atoms with Crippen molar-refractivity contribution in [3.63, 3.8) is 0 Å². The summed E-state index contributed by atoms with van der Waals surface area (Å²) in [4.78, 5) is 8.84. The molecule has 0 saturated heterocycles. The minimum atomic E-state index is -4.62. The van der Waals surface area contributed by atoms with Crippen LogP contribution in [-0.4, -0.2) is 49.4 Å². The smallest absolute Gasteiger partial charge is 0.452 e. The van der Waals surface area contributed by atoms with Gasteiger partial charge in [-0.1, -0.05) is 0 Å². The molecule has 1 spiro atoms. The molecule has 4 aromatic rings. The van der Waals surface area contributed by atoms with Gasteiger partial charge in [0.25, 0.3) is 0 Å². The molecule has 39 heavy (non-hydrogen) atoms. The number of alkyl halides is 3. The van der Waals surface area contributed by atoms with Crippen molar-refractivity contribution in [1.29, 1.82) is 0 Å². The van der Waals surface area contributed by atoms with Crippen LogP contribution in [0.25, 0.3) is 5.65 Å². The molecule has 0 N–H and O–H groups in total. The molecule has 1 saturated carbocycles. The van der Waals surface area contributed by atoms with Gasteiger partial charge < -0.3 is 4.74 Å². The van der Waals surface area contributed by atoms with Crippen LogP contribution >= 0.6 is 0 Å². The van der Waals surface area contributed by atoms with Gasteiger partial charge in [-0.3, -0.25) is 9.38 Å². The van der Waals surface area contributed by atoms with Crippen LogP contribution in [0.4, 0.5) is 13.2 Å². The van der Waals surface area contributed by atoms with Gasteiger partial charge in [0.1, 0.15) is 10.5 Å². The molecule has 5 heterocycles. The lowest BCUT2D eigenvalue weighted by atomic mass is 10.0. The van der Waals surface area contributed by atoms with Gasteiger partial charge in [0, 0.05) is 37.3 Å². The number of fused-ring (bicyclic) bond motifs is 2. The van der Waals surface area contributed by atoms with Crippen LogP contribution in [0.2, 0.25) is 0 Å². The number of aryl methyl sites for hydroxylation is 3. The second-order valence-electron chi connectivity index (χ2n) is 10.3. The molecule has 9 nitrogen and oxygen atoms in total. The van der Waals surface area contributed by atoms with Gasteiger partial charge in [-0.2, -0.15) is 17.5 Å². The molecule has 4 aromatic heterocycles. The van der Waals surface area contributed by atoms with E-state index in [-0.39, 0.29) is 29.5 Å². The topological polar surface area (TPSA) is 103 Å². The van der Waals surface area contributed by atoms with Crippen LogP contribution in [0.1, 0.15) is 52.2 Å². The number of hydrogen-bond acceptors (Lipinski definition) is 7. The number of halogens is 3. The van der Waals surface area contributed by atoms with Crippen LogP contribution in [0.5, 0.6) is 5.88 Å². The fourth-order valence-corrected chi connectivity index (χ4v) is 6.53. The highest BCUT2D eigenvalue weighted by molar-refractivity contribution is 7.89. The van der Waals surface area contributed by atoms with E-state index in [4.69, 9.17) is 4.74 Å². The van der Waals surface area contributed by atoms with Crippen LogP contribution in [-0.2, 0) is 29.2 Å². The Morgan fingerprint density at radius 2 is 1.82 bits per heavy atom. The van der Waals surface area contributed by atoms with Crippen LogP contribution < -0.4 is 4.74 Å². The Labute approximate surface area is 222 Å². The average molecular weight is 559 g/mol. The predicted molar refractivity (Wildman–Crippen MR) is 134 cm³/mol. The maximum Gasteiger partial charge on any atom is 0.452 e. The number of rotatable bonds is 4. The van der Waals surface area contributed by atoms with E-state index in [1.807, 2.05) is 13.0 Å². The molecule has 0 radical (unpaired) electrons. The van der Waals surface area contributed by atoms with E-state index in [0.29, 0.717) is 17.7 Å². The lowest BCUT2D eigenvalue weighted by molar-refractivity contribution is -0.145. The molecular weight excluding hydrogens is 533 g/mol. The monoisotopic (exact) mass is 558 g/mol. The van der Waals surface area contributed by atoms with Crippen molar-refractivity contribution in [2.24, 2.45) is 0 Å². The zero-order chi connectivity index (χ0) is 27.7. The van der Waals surface area contributed by atoms with Crippen LogP contribution in [0.15, 0.2) is 41.7 Å². The zero-order valence-corrected chi connectivity index (χ0v) is 22.3. The van der Waals surface area contributed by atoms with Crippen LogP contribution in [0, 0.1) is 20.8 Å².